The third-order valence-corrected chi connectivity index (χ3v) is 3.38. The van der Waals surface area contributed by atoms with Gasteiger partial charge in [-0.1, -0.05) is 6.92 Å². The van der Waals surface area contributed by atoms with Crippen LogP contribution in [-0.2, 0) is 6.18 Å². The average Bonchev–Trinajstić information content (AvgIpc) is 2.74. The summed E-state index contributed by atoms with van der Waals surface area (Å²) in [5, 5.41) is 5.89. The molecule has 1 aliphatic rings. The molecule has 1 aliphatic carbocycles. The summed E-state index contributed by atoms with van der Waals surface area (Å²) in [4.78, 5) is 7.08. The highest BCUT2D eigenvalue weighted by atomic mass is 19.4. The minimum absolute atomic E-state index is 0.190. The molecule has 4 nitrogen and oxygen atoms in total. The van der Waals surface area contributed by atoms with Gasteiger partial charge < -0.3 is 10.6 Å². The fourth-order valence-electron chi connectivity index (χ4n) is 2.47. The molecule has 112 valence electrons. The standard InChI is InChI=1S/C13H19F3N4/c1-3-17-10-7-11(18-9-5-4-8(2)6-9)20-12(19-10)13(14,15)16/h7-9H,3-6H2,1-2H3,(H2,17,18,19,20). The molecule has 0 radical (unpaired) electrons. The molecule has 1 saturated carbocycles. The minimum Gasteiger partial charge on any atom is -0.370 e. The normalized spacial score (nSPS) is 22.9. The molecule has 1 fully saturated rings. The number of halogens is 3. The zero-order valence-corrected chi connectivity index (χ0v) is 11.6. The van der Waals surface area contributed by atoms with E-state index in [1.165, 1.54) is 6.07 Å². The summed E-state index contributed by atoms with van der Waals surface area (Å²) in [7, 11) is 0. The molecule has 7 heteroatoms. The van der Waals surface area contributed by atoms with Crippen LogP contribution in [-0.4, -0.2) is 22.6 Å². The summed E-state index contributed by atoms with van der Waals surface area (Å²) in [6, 6.07) is 1.72. The van der Waals surface area contributed by atoms with Crippen molar-refractivity contribution in [2.24, 2.45) is 5.92 Å². The Kier molecular flexibility index (Phi) is 4.35. The first-order valence-corrected chi connectivity index (χ1v) is 6.85. The Morgan fingerprint density at radius 2 is 1.95 bits per heavy atom. The second kappa shape index (κ2) is 5.85. The van der Waals surface area contributed by atoms with Crippen molar-refractivity contribution < 1.29 is 13.2 Å². The van der Waals surface area contributed by atoms with Gasteiger partial charge in [0.25, 0.3) is 0 Å². The first kappa shape index (κ1) is 14.9. The van der Waals surface area contributed by atoms with Crippen LogP contribution in [0.5, 0.6) is 0 Å². The lowest BCUT2D eigenvalue weighted by Crippen LogP contribution is -2.20. The van der Waals surface area contributed by atoms with Crippen molar-refractivity contribution in [3.63, 3.8) is 0 Å². The van der Waals surface area contributed by atoms with Gasteiger partial charge >= 0.3 is 6.18 Å². The van der Waals surface area contributed by atoms with Crippen LogP contribution in [0.2, 0.25) is 0 Å². The van der Waals surface area contributed by atoms with Crippen LogP contribution in [0, 0.1) is 5.92 Å². The van der Waals surface area contributed by atoms with Crippen LogP contribution < -0.4 is 10.6 Å². The van der Waals surface area contributed by atoms with Gasteiger partial charge in [0.2, 0.25) is 5.82 Å². The third kappa shape index (κ3) is 3.74. The molecule has 2 N–H and O–H groups in total. The second-order valence-corrected chi connectivity index (χ2v) is 5.25. The zero-order chi connectivity index (χ0) is 14.8. The Bertz CT molecular complexity index is 461. The molecule has 0 spiro atoms. The van der Waals surface area contributed by atoms with Crippen molar-refractivity contribution in [3.05, 3.63) is 11.9 Å². The lowest BCUT2D eigenvalue weighted by molar-refractivity contribution is -0.144. The smallest absolute Gasteiger partial charge is 0.370 e. The molecular weight excluding hydrogens is 269 g/mol. The van der Waals surface area contributed by atoms with Gasteiger partial charge in [-0.05, 0) is 32.1 Å². The van der Waals surface area contributed by atoms with Gasteiger partial charge in [0.1, 0.15) is 11.6 Å². The van der Waals surface area contributed by atoms with Gasteiger partial charge in [0, 0.05) is 18.7 Å². The number of alkyl halides is 3. The van der Waals surface area contributed by atoms with E-state index in [2.05, 4.69) is 27.5 Å². The molecule has 0 amide bonds. The van der Waals surface area contributed by atoms with Crippen LogP contribution in [0.3, 0.4) is 0 Å². The Balaban J connectivity index is 2.20. The number of nitrogens with zero attached hydrogens (tertiary/aromatic N) is 2. The van der Waals surface area contributed by atoms with Crippen molar-refractivity contribution in [3.8, 4) is 0 Å². The van der Waals surface area contributed by atoms with Crippen LogP contribution in [0.1, 0.15) is 38.9 Å². The van der Waals surface area contributed by atoms with Gasteiger partial charge in [-0.3, -0.25) is 0 Å². The minimum atomic E-state index is -4.54. The lowest BCUT2D eigenvalue weighted by atomic mass is 10.1. The van der Waals surface area contributed by atoms with Gasteiger partial charge in [-0.15, -0.1) is 0 Å². The number of nitrogens with one attached hydrogen (secondary N) is 2. The molecule has 0 bridgehead atoms. The van der Waals surface area contributed by atoms with Crippen LogP contribution >= 0.6 is 0 Å². The highest BCUT2D eigenvalue weighted by Crippen LogP contribution is 2.30. The number of hydrogen-bond acceptors (Lipinski definition) is 4. The Morgan fingerprint density at radius 1 is 1.25 bits per heavy atom. The van der Waals surface area contributed by atoms with E-state index in [1.807, 2.05) is 0 Å². The predicted molar refractivity (Wildman–Crippen MR) is 71.6 cm³/mol. The molecule has 2 rings (SSSR count). The fourth-order valence-corrected chi connectivity index (χ4v) is 2.47. The molecule has 1 heterocycles. The monoisotopic (exact) mass is 288 g/mol. The molecular formula is C13H19F3N4. The summed E-state index contributed by atoms with van der Waals surface area (Å²) >= 11 is 0. The lowest BCUT2D eigenvalue weighted by Gasteiger charge is -2.16. The first-order valence-electron chi connectivity index (χ1n) is 6.85. The number of anilines is 2. The van der Waals surface area contributed by atoms with E-state index >= 15 is 0 Å². The number of hydrogen-bond donors (Lipinski definition) is 2. The topological polar surface area (TPSA) is 49.8 Å². The van der Waals surface area contributed by atoms with Crippen LogP contribution in [0.25, 0.3) is 0 Å². The van der Waals surface area contributed by atoms with Crippen molar-refractivity contribution in [1.29, 1.82) is 0 Å². The summed E-state index contributed by atoms with van der Waals surface area (Å²) < 4.78 is 38.3. The highest BCUT2D eigenvalue weighted by Gasteiger charge is 2.35. The number of rotatable bonds is 4. The molecule has 1 aromatic heterocycles. The zero-order valence-electron chi connectivity index (χ0n) is 11.6. The van der Waals surface area contributed by atoms with E-state index in [1.54, 1.807) is 6.92 Å². The van der Waals surface area contributed by atoms with E-state index in [9.17, 15) is 13.2 Å². The summed E-state index contributed by atoms with van der Waals surface area (Å²) in [5.41, 5.74) is 0. The fraction of sp³-hybridized carbons (Fsp3) is 0.692. The third-order valence-electron chi connectivity index (χ3n) is 3.38. The highest BCUT2D eigenvalue weighted by molar-refractivity contribution is 5.48. The Labute approximate surface area is 116 Å². The van der Waals surface area contributed by atoms with Crippen molar-refractivity contribution in [1.82, 2.24) is 9.97 Å². The van der Waals surface area contributed by atoms with Crippen LogP contribution in [0.15, 0.2) is 6.07 Å². The van der Waals surface area contributed by atoms with Gasteiger partial charge in [0.15, 0.2) is 0 Å². The quantitative estimate of drug-likeness (QED) is 0.890. The largest absolute Gasteiger partial charge is 0.451 e. The maximum Gasteiger partial charge on any atom is 0.451 e. The Morgan fingerprint density at radius 3 is 2.50 bits per heavy atom. The SMILES string of the molecule is CCNc1cc(NC2CCC(C)C2)nc(C(F)(F)F)n1. The Hall–Kier alpha value is -1.53. The summed E-state index contributed by atoms with van der Waals surface area (Å²) in [6.45, 7) is 4.46. The van der Waals surface area contributed by atoms with Gasteiger partial charge in [-0.25, -0.2) is 9.97 Å². The maximum atomic E-state index is 12.8. The van der Waals surface area contributed by atoms with Crippen LogP contribution in [0.4, 0.5) is 24.8 Å². The second-order valence-electron chi connectivity index (χ2n) is 5.25. The summed E-state index contributed by atoms with van der Waals surface area (Å²) in [5.74, 6) is -0.0695. The molecule has 1 aromatic rings. The van der Waals surface area contributed by atoms with E-state index in [0.717, 1.165) is 19.3 Å². The molecule has 0 aliphatic heterocycles. The molecule has 0 saturated heterocycles. The average molecular weight is 288 g/mol. The molecule has 0 aromatic carbocycles. The molecule has 2 atom stereocenters. The van der Waals surface area contributed by atoms with Gasteiger partial charge in [-0.2, -0.15) is 13.2 Å². The first-order chi connectivity index (χ1) is 9.38. The van der Waals surface area contributed by atoms with E-state index in [0.29, 0.717) is 12.5 Å². The maximum absolute atomic E-state index is 12.8. The van der Waals surface area contributed by atoms with Gasteiger partial charge in [0.05, 0.1) is 0 Å². The predicted octanol–water partition coefficient (Wildman–Crippen LogP) is 3.53. The molecule has 20 heavy (non-hydrogen) atoms. The summed E-state index contributed by atoms with van der Waals surface area (Å²) in [6.07, 6.45) is -1.52. The number of aromatic nitrogens is 2. The van der Waals surface area contributed by atoms with Crippen molar-refractivity contribution in [2.45, 2.75) is 45.3 Å². The van der Waals surface area contributed by atoms with Crippen molar-refractivity contribution >= 4 is 11.6 Å². The van der Waals surface area contributed by atoms with E-state index < -0.39 is 12.0 Å². The van der Waals surface area contributed by atoms with E-state index in [4.69, 9.17) is 0 Å². The van der Waals surface area contributed by atoms with E-state index in [-0.39, 0.29) is 17.7 Å². The van der Waals surface area contributed by atoms with Crippen molar-refractivity contribution in [2.75, 3.05) is 17.2 Å². The molecule has 2 unspecified atom stereocenters.